The number of nitrogens with zero attached hydrogens (tertiary/aromatic N) is 5. The second kappa shape index (κ2) is 11.8. The summed E-state index contributed by atoms with van der Waals surface area (Å²) in [5, 5.41) is 5.60. The second-order valence-corrected chi connectivity index (χ2v) is 8.43. The van der Waals surface area contributed by atoms with Crippen LogP contribution in [0.4, 0.5) is 22.1 Å². The Bertz CT molecular complexity index is 1130. The first-order valence-corrected chi connectivity index (χ1v) is 12.1. The molecule has 11 nitrogen and oxygen atoms in total. The number of morpholine rings is 1. The van der Waals surface area contributed by atoms with Crippen LogP contribution in [0.15, 0.2) is 48.8 Å². The molecule has 0 bridgehead atoms. The zero-order valence-corrected chi connectivity index (χ0v) is 19.9. The lowest BCUT2D eigenvalue weighted by molar-refractivity contribution is -0.180. The van der Waals surface area contributed by atoms with E-state index in [-0.39, 0.29) is 12.3 Å². The molecule has 2 saturated heterocycles. The smallest absolute Gasteiger partial charge is 0.323 e. The molecular formula is C25H29N7O4. The maximum absolute atomic E-state index is 12.3. The van der Waals surface area contributed by atoms with Gasteiger partial charge in [-0.1, -0.05) is 0 Å². The monoisotopic (exact) mass is 491 g/mol. The SMILES string of the molecule is O=C(Nc1ccncc1)Nc1ccc(-c2nc(CCC3OCCCO3)nc(N3CCOCC3)n2)cc1. The van der Waals surface area contributed by atoms with E-state index in [1.54, 1.807) is 24.5 Å². The van der Waals surface area contributed by atoms with Crippen LogP contribution in [-0.2, 0) is 20.6 Å². The van der Waals surface area contributed by atoms with E-state index in [2.05, 4.69) is 20.5 Å². The lowest BCUT2D eigenvalue weighted by atomic mass is 10.2. The Labute approximate surface area is 209 Å². The molecule has 5 rings (SSSR count). The van der Waals surface area contributed by atoms with Crippen LogP contribution >= 0.6 is 0 Å². The number of urea groups is 1. The van der Waals surface area contributed by atoms with Crippen LogP contribution in [-0.4, -0.2) is 71.8 Å². The number of aryl methyl sites for hydroxylation is 1. The normalized spacial score (nSPS) is 16.5. The molecule has 2 amide bonds. The topological polar surface area (TPSA) is 124 Å². The first-order valence-electron chi connectivity index (χ1n) is 12.1. The summed E-state index contributed by atoms with van der Waals surface area (Å²) in [6.45, 7) is 4.17. The van der Waals surface area contributed by atoms with E-state index < -0.39 is 0 Å². The maximum Gasteiger partial charge on any atom is 0.323 e. The zero-order chi connectivity index (χ0) is 24.6. The second-order valence-electron chi connectivity index (χ2n) is 8.43. The van der Waals surface area contributed by atoms with Gasteiger partial charge in [-0.05, 0) is 42.8 Å². The van der Waals surface area contributed by atoms with Gasteiger partial charge in [-0.2, -0.15) is 9.97 Å². The lowest BCUT2D eigenvalue weighted by Crippen LogP contribution is -2.37. The Kier molecular flexibility index (Phi) is 7.91. The number of aromatic nitrogens is 4. The van der Waals surface area contributed by atoms with Gasteiger partial charge in [0.15, 0.2) is 12.1 Å². The third-order valence-corrected chi connectivity index (χ3v) is 5.80. The fraction of sp³-hybridized carbons (Fsp3) is 0.400. The summed E-state index contributed by atoms with van der Waals surface area (Å²) in [6.07, 6.45) is 5.23. The van der Waals surface area contributed by atoms with Crippen molar-refractivity contribution in [3.63, 3.8) is 0 Å². The van der Waals surface area contributed by atoms with Crippen LogP contribution in [0.3, 0.4) is 0 Å². The van der Waals surface area contributed by atoms with Gasteiger partial charge in [0.25, 0.3) is 0 Å². The Balaban J connectivity index is 1.30. The zero-order valence-electron chi connectivity index (χ0n) is 19.9. The quantitative estimate of drug-likeness (QED) is 0.513. The average Bonchev–Trinajstić information content (AvgIpc) is 2.94. The molecule has 188 valence electrons. The first-order chi connectivity index (χ1) is 17.7. The van der Waals surface area contributed by atoms with Crippen molar-refractivity contribution in [2.75, 3.05) is 55.1 Å². The summed E-state index contributed by atoms with van der Waals surface area (Å²) in [6, 6.07) is 10.5. The summed E-state index contributed by atoms with van der Waals surface area (Å²) in [7, 11) is 0. The van der Waals surface area contributed by atoms with Crippen molar-refractivity contribution < 1.29 is 19.0 Å². The number of hydrogen-bond acceptors (Lipinski definition) is 9. The summed E-state index contributed by atoms with van der Waals surface area (Å²) in [5.41, 5.74) is 2.15. The minimum atomic E-state index is -0.335. The van der Waals surface area contributed by atoms with Crippen molar-refractivity contribution in [1.29, 1.82) is 0 Å². The Morgan fingerprint density at radius 1 is 0.889 bits per heavy atom. The van der Waals surface area contributed by atoms with Gasteiger partial charge >= 0.3 is 6.03 Å². The van der Waals surface area contributed by atoms with Gasteiger partial charge in [-0.25, -0.2) is 9.78 Å². The molecular weight excluding hydrogens is 462 g/mol. The Morgan fingerprint density at radius 2 is 1.58 bits per heavy atom. The van der Waals surface area contributed by atoms with E-state index in [0.29, 0.717) is 68.2 Å². The van der Waals surface area contributed by atoms with E-state index in [4.69, 9.17) is 29.2 Å². The predicted molar refractivity (Wildman–Crippen MR) is 134 cm³/mol. The van der Waals surface area contributed by atoms with Crippen molar-refractivity contribution in [3.8, 4) is 11.4 Å². The number of rotatable bonds is 7. The largest absolute Gasteiger partial charge is 0.378 e. The van der Waals surface area contributed by atoms with E-state index in [1.807, 2.05) is 24.3 Å². The molecule has 2 aliphatic rings. The summed E-state index contributed by atoms with van der Waals surface area (Å²) in [5.74, 6) is 1.92. The molecule has 11 heteroatoms. The number of hydrogen-bond donors (Lipinski definition) is 2. The molecule has 0 saturated carbocycles. The molecule has 36 heavy (non-hydrogen) atoms. The highest BCUT2D eigenvalue weighted by molar-refractivity contribution is 5.99. The third kappa shape index (κ3) is 6.51. The van der Waals surface area contributed by atoms with Crippen LogP contribution in [0.2, 0.25) is 0 Å². The summed E-state index contributed by atoms with van der Waals surface area (Å²) < 4.78 is 16.8. The standard InChI is InChI=1S/C25H29N7O4/c33-25(28-20-8-10-26-11-9-20)27-19-4-2-18(3-5-19)23-29-21(6-7-22-35-14-1-15-36-22)30-24(31-23)32-12-16-34-17-13-32/h2-5,8-11,22H,1,6-7,12-17H2,(H2,26,27,28,33). The highest BCUT2D eigenvalue weighted by atomic mass is 16.7. The molecule has 3 aromatic rings. The fourth-order valence-electron chi connectivity index (χ4n) is 3.93. The van der Waals surface area contributed by atoms with Gasteiger partial charge in [0.2, 0.25) is 5.95 Å². The van der Waals surface area contributed by atoms with E-state index in [9.17, 15) is 4.79 Å². The van der Waals surface area contributed by atoms with Crippen LogP contribution in [0.1, 0.15) is 18.7 Å². The number of ether oxygens (including phenoxy) is 3. The van der Waals surface area contributed by atoms with E-state index >= 15 is 0 Å². The Morgan fingerprint density at radius 3 is 2.31 bits per heavy atom. The number of amides is 2. The molecule has 0 aliphatic carbocycles. The maximum atomic E-state index is 12.3. The van der Waals surface area contributed by atoms with Crippen LogP contribution < -0.4 is 15.5 Å². The number of nitrogens with one attached hydrogen (secondary N) is 2. The molecule has 2 aliphatic heterocycles. The Hall–Kier alpha value is -3.67. The molecule has 0 spiro atoms. The summed E-state index contributed by atoms with van der Waals surface area (Å²) >= 11 is 0. The number of anilines is 3. The number of carbonyl (C=O) groups excluding carboxylic acids is 1. The van der Waals surface area contributed by atoms with Crippen molar-refractivity contribution in [2.45, 2.75) is 25.6 Å². The van der Waals surface area contributed by atoms with Gasteiger partial charge in [-0.15, -0.1) is 0 Å². The average molecular weight is 492 g/mol. The highest BCUT2D eigenvalue weighted by Gasteiger charge is 2.19. The van der Waals surface area contributed by atoms with Crippen LogP contribution in [0, 0.1) is 0 Å². The number of carbonyl (C=O) groups is 1. The van der Waals surface area contributed by atoms with Gasteiger partial charge < -0.3 is 29.7 Å². The van der Waals surface area contributed by atoms with Gasteiger partial charge in [-0.3, -0.25) is 4.98 Å². The minimum absolute atomic E-state index is 0.227. The van der Waals surface area contributed by atoms with Crippen molar-refractivity contribution in [1.82, 2.24) is 19.9 Å². The summed E-state index contributed by atoms with van der Waals surface area (Å²) in [4.78, 5) is 32.6. The van der Waals surface area contributed by atoms with Crippen molar-refractivity contribution in [2.24, 2.45) is 0 Å². The highest BCUT2D eigenvalue weighted by Crippen LogP contribution is 2.22. The molecule has 2 aromatic heterocycles. The van der Waals surface area contributed by atoms with Crippen molar-refractivity contribution in [3.05, 3.63) is 54.6 Å². The molecule has 1 aromatic carbocycles. The van der Waals surface area contributed by atoms with E-state index in [0.717, 1.165) is 25.1 Å². The molecule has 2 N–H and O–H groups in total. The van der Waals surface area contributed by atoms with E-state index in [1.165, 1.54) is 0 Å². The molecule has 0 radical (unpaired) electrons. The predicted octanol–water partition coefficient (Wildman–Crippen LogP) is 3.11. The number of benzene rings is 1. The van der Waals surface area contributed by atoms with Crippen LogP contribution in [0.25, 0.3) is 11.4 Å². The van der Waals surface area contributed by atoms with Crippen molar-refractivity contribution >= 4 is 23.4 Å². The lowest BCUT2D eigenvalue weighted by Gasteiger charge is -2.27. The molecule has 0 atom stereocenters. The molecule has 2 fully saturated rings. The van der Waals surface area contributed by atoms with Crippen LogP contribution in [0.5, 0.6) is 0 Å². The molecule has 0 unspecified atom stereocenters. The fourth-order valence-corrected chi connectivity index (χ4v) is 3.93. The van der Waals surface area contributed by atoms with Gasteiger partial charge in [0, 0.05) is 55.3 Å². The third-order valence-electron chi connectivity index (χ3n) is 5.80. The number of pyridine rings is 1. The van der Waals surface area contributed by atoms with Gasteiger partial charge in [0.05, 0.1) is 26.4 Å². The molecule has 4 heterocycles. The van der Waals surface area contributed by atoms with Gasteiger partial charge in [0.1, 0.15) is 5.82 Å². The first kappa shape index (κ1) is 24.0. The minimum Gasteiger partial charge on any atom is -0.378 e.